The van der Waals surface area contributed by atoms with Crippen LogP contribution in [0, 0.1) is 0 Å². The van der Waals surface area contributed by atoms with Crippen molar-refractivity contribution in [2.75, 3.05) is 11.9 Å². The zero-order chi connectivity index (χ0) is 13.1. The molecule has 1 rings (SSSR count). The molecular weight excluding hydrogens is 305 g/mol. The van der Waals surface area contributed by atoms with Gasteiger partial charge in [-0.3, -0.25) is 4.79 Å². The fourth-order valence-electron chi connectivity index (χ4n) is 1.18. The highest BCUT2D eigenvalue weighted by molar-refractivity contribution is 9.10. The van der Waals surface area contributed by atoms with Crippen molar-refractivity contribution in [3.8, 4) is 0 Å². The number of hydrogen-bond acceptors (Lipinski definition) is 3. The highest BCUT2D eigenvalue weighted by Gasteiger charge is 2.16. The Morgan fingerprint density at radius 1 is 1.47 bits per heavy atom. The molecule has 0 saturated heterocycles. The van der Waals surface area contributed by atoms with Crippen LogP contribution in [-0.2, 0) is 9.53 Å². The maximum Gasteiger partial charge on any atom is 0.325 e. The summed E-state index contributed by atoms with van der Waals surface area (Å²) in [6.07, 6.45) is 0. The van der Waals surface area contributed by atoms with Gasteiger partial charge in [-0.2, -0.15) is 0 Å². The van der Waals surface area contributed by atoms with Crippen molar-refractivity contribution in [3.05, 3.63) is 27.7 Å². The number of nitrogens with one attached hydrogen (secondary N) is 1. The van der Waals surface area contributed by atoms with Gasteiger partial charge in [0.1, 0.15) is 12.1 Å². The van der Waals surface area contributed by atoms with E-state index < -0.39 is 5.60 Å². The van der Waals surface area contributed by atoms with Crippen LogP contribution in [0.15, 0.2) is 22.7 Å². The lowest BCUT2D eigenvalue weighted by molar-refractivity contribution is -0.152. The topological polar surface area (TPSA) is 38.3 Å². The molecule has 0 aromatic heterocycles. The molecule has 1 aromatic rings. The van der Waals surface area contributed by atoms with Crippen molar-refractivity contribution in [1.82, 2.24) is 0 Å². The van der Waals surface area contributed by atoms with Crippen LogP contribution < -0.4 is 5.32 Å². The molecule has 0 bridgehead atoms. The third kappa shape index (κ3) is 5.41. The first-order chi connectivity index (χ1) is 7.78. The Morgan fingerprint density at radius 3 is 2.71 bits per heavy atom. The Morgan fingerprint density at radius 2 is 2.12 bits per heavy atom. The van der Waals surface area contributed by atoms with Crippen LogP contribution in [0.3, 0.4) is 0 Å². The molecule has 0 spiro atoms. The van der Waals surface area contributed by atoms with Crippen molar-refractivity contribution in [1.29, 1.82) is 0 Å². The van der Waals surface area contributed by atoms with Crippen molar-refractivity contribution >= 4 is 39.2 Å². The van der Waals surface area contributed by atoms with Crippen LogP contribution in [0.4, 0.5) is 5.69 Å². The van der Waals surface area contributed by atoms with Crippen molar-refractivity contribution < 1.29 is 9.53 Å². The van der Waals surface area contributed by atoms with E-state index in [0.29, 0.717) is 5.02 Å². The van der Waals surface area contributed by atoms with Gasteiger partial charge in [-0.15, -0.1) is 0 Å². The van der Waals surface area contributed by atoms with E-state index in [2.05, 4.69) is 21.2 Å². The van der Waals surface area contributed by atoms with Gasteiger partial charge >= 0.3 is 5.97 Å². The normalized spacial score (nSPS) is 11.1. The van der Waals surface area contributed by atoms with E-state index in [1.54, 1.807) is 12.1 Å². The molecule has 1 N–H and O–H groups in total. The summed E-state index contributed by atoms with van der Waals surface area (Å²) in [5.41, 5.74) is 0.299. The molecule has 1 aromatic carbocycles. The second kappa shape index (κ2) is 5.74. The molecule has 94 valence electrons. The summed E-state index contributed by atoms with van der Waals surface area (Å²) in [6.45, 7) is 5.61. The molecule has 0 atom stereocenters. The first kappa shape index (κ1) is 14.3. The molecular formula is C12H15BrClNO2. The van der Waals surface area contributed by atoms with E-state index in [1.807, 2.05) is 26.8 Å². The molecule has 3 nitrogen and oxygen atoms in total. The maximum atomic E-state index is 11.5. The Labute approximate surface area is 115 Å². The minimum absolute atomic E-state index is 0.107. The monoisotopic (exact) mass is 319 g/mol. The van der Waals surface area contributed by atoms with Crippen molar-refractivity contribution in [2.45, 2.75) is 26.4 Å². The minimum atomic E-state index is -0.468. The van der Waals surface area contributed by atoms with Gasteiger partial charge in [0.25, 0.3) is 0 Å². The third-order valence-corrected chi connectivity index (χ3v) is 2.70. The molecule has 0 heterocycles. The summed E-state index contributed by atoms with van der Waals surface area (Å²) in [7, 11) is 0. The van der Waals surface area contributed by atoms with Gasteiger partial charge in [-0.1, -0.05) is 11.6 Å². The summed E-state index contributed by atoms with van der Waals surface area (Å²) in [5, 5.41) is 3.58. The zero-order valence-corrected chi connectivity index (χ0v) is 12.4. The Balaban J connectivity index is 2.56. The largest absolute Gasteiger partial charge is 0.459 e. The zero-order valence-electron chi connectivity index (χ0n) is 10.0. The molecule has 0 saturated carbocycles. The predicted molar refractivity (Wildman–Crippen MR) is 73.5 cm³/mol. The highest BCUT2D eigenvalue weighted by atomic mass is 79.9. The van der Waals surface area contributed by atoms with E-state index in [9.17, 15) is 4.79 Å². The molecule has 17 heavy (non-hydrogen) atoms. The SMILES string of the molecule is CC(C)(C)OC(=O)CNc1cc(Cl)ccc1Br. The molecule has 0 unspecified atom stereocenters. The number of carbonyl (C=O) groups excluding carboxylic acids is 1. The molecule has 0 aliphatic rings. The molecule has 0 radical (unpaired) electrons. The number of benzene rings is 1. The molecule has 0 amide bonds. The molecule has 0 aliphatic heterocycles. The number of carbonyl (C=O) groups is 1. The first-order valence-electron chi connectivity index (χ1n) is 5.19. The van der Waals surface area contributed by atoms with Gasteiger partial charge in [-0.25, -0.2) is 0 Å². The Kier molecular flexibility index (Phi) is 4.83. The van der Waals surface area contributed by atoms with E-state index >= 15 is 0 Å². The van der Waals surface area contributed by atoms with Crippen LogP contribution in [0.2, 0.25) is 5.02 Å². The van der Waals surface area contributed by atoms with Crippen LogP contribution in [0.1, 0.15) is 20.8 Å². The average molecular weight is 321 g/mol. The van der Waals surface area contributed by atoms with Gasteiger partial charge in [-0.05, 0) is 54.9 Å². The quantitative estimate of drug-likeness (QED) is 0.860. The first-order valence-corrected chi connectivity index (χ1v) is 6.36. The van der Waals surface area contributed by atoms with Gasteiger partial charge < -0.3 is 10.1 Å². The molecule has 0 fully saturated rings. The van der Waals surface area contributed by atoms with E-state index in [1.165, 1.54) is 0 Å². The summed E-state index contributed by atoms with van der Waals surface area (Å²) < 4.78 is 6.03. The van der Waals surface area contributed by atoms with Crippen LogP contribution >= 0.6 is 27.5 Å². The fraction of sp³-hybridized carbons (Fsp3) is 0.417. The van der Waals surface area contributed by atoms with Gasteiger partial charge in [0, 0.05) is 9.50 Å². The minimum Gasteiger partial charge on any atom is -0.459 e. The third-order valence-electron chi connectivity index (χ3n) is 1.77. The van der Waals surface area contributed by atoms with Crippen LogP contribution in [-0.4, -0.2) is 18.1 Å². The average Bonchev–Trinajstić information content (AvgIpc) is 2.17. The summed E-state index contributed by atoms with van der Waals surface area (Å²) in [5.74, 6) is -0.302. The van der Waals surface area contributed by atoms with Crippen LogP contribution in [0.5, 0.6) is 0 Å². The number of anilines is 1. The number of rotatable bonds is 3. The summed E-state index contributed by atoms with van der Waals surface area (Å²) >= 11 is 9.23. The van der Waals surface area contributed by atoms with Crippen molar-refractivity contribution in [3.63, 3.8) is 0 Å². The Hall–Kier alpha value is -0.740. The second-order valence-corrected chi connectivity index (χ2v) is 5.85. The lowest BCUT2D eigenvalue weighted by atomic mass is 10.2. The number of halogens is 2. The smallest absolute Gasteiger partial charge is 0.325 e. The maximum absolute atomic E-state index is 11.5. The van der Waals surface area contributed by atoms with Crippen molar-refractivity contribution in [2.24, 2.45) is 0 Å². The molecule has 5 heteroatoms. The number of esters is 1. The van der Waals surface area contributed by atoms with E-state index in [-0.39, 0.29) is 12.5 Å². The fourth-order valence-corrected chi connectivity index (χ4v) is 1.74. The standard InChI is InChI=1S/C12H15BrClNO2/c1-12(2,3)17-11(16)7-15-10-6-8(14)4-5-9(10)13/h4-6,15H,7H2,1-3H3. The van der Waals surface area contributed by atoms with E-state index in [4.69, 9.17) is 16.3 Å². The van der Waals surface area contributed by atoms with Gasteiger partial charge in [0.2, 0.25) is 0 Å². The van der Waals surface area contributed by atoms with E-state index in [0.717, 1.165) is 10.2 Å². The summed E-state index contributed by atoms with van der Waals surface area (Å²) in [6, 6.07) is 5.33. The lowest BCUT2D eigenvalue weighted by Gasteiger charge is -2.20. The van der Waals surface area contributed by atoms with Crippen LogP contribution in [0.25, 0.3) is 0 Å². The Bertz CT molecular complexity index is 415. The second-order valence-electron chi connectivity index (χ2n) is 4.56. The lowest BCUT2D eigenvalue weighted by Crippen LogP contribution is -2.28. The number of ether oxygens (including phenoxy) is 1. The predicted octanol–water partition coefficient (Wildman–Crippen LogP) is 3.86. The highest BCUT2D eigenvalue weighted by Crippen LogP contribution is 2.25. The molecule has 0 aliphatic carbocycles. The number of hydrogen-bond donors (Lipinski definition) is 1. The summed E-state index contributed by atoms with van der Waals surface area (Å²) in [4.78, 5) is 11.5. The van der Waals surface area contributed by atoms with Gasteiger partial charge in [0.05, 0.1) is 5.69 Å². The van der Waals surface area contributed by atoms with Gasteiger partial charge in [0.15, 0.2) is 0 Å².